The summed E-state index contributed by atoms with van der Waals surface area (Å²) in [5.41, 5.74) is -0.317. The van der Waals surface area contributed by atoms with Gasteiger partial charge in [0.2, 0.25) is 0 Å². The highest BCUT2D eigenvalue weighted by molar-refractivity contribution is 5.93. The molecule has 2 N–H and O–H groups in total. The number of amides is 1. The summed E-state index contributed by atoms with van der Waals surface area (Å²) >= 11 is 0. The van der Waals surface area contributed by atoms with Gasteiger partial charge < -0.3 is 10.2 Å². The highest BCUT2D eigenvalue weighted by Gasteiger charge is 2.26. The molecule has 1 fully saturated rings. The fourth-order valence-electron chi connectivity index (χ4n) is 2.84. The first-order chi connectivity index (χ1) is 10.5. The number of hydrogen-bond acceptors (Lipinski definition) is 1. The van der Waals surface area contributed by atoms with Crippen LogP contribution in [0.15, 0.2) is 12.1 Å². The maximum atomic E-state index is 13.6. The summed E-state index contributed by atoms with van der Waals surface area (Å²) in [7, 11) is 0. The predicted octanol–water partition coefficient (Wildman–Crippen LogP) is 2.28. The number of halogens is 3. The minimum atomic E-state index is -1.57. The van der Waals surface area contributed by atoms with Crippen molar-refractivity contribution in [3.8, 4) is 0 Å². The Balaban J connectivity index is 2.03. The van der Waals surface area contributed by atoms with Crippen LogP contribution in [0.25, 0.3) is 0 Å². The van der Waals surface area contributed by atoms with E-state index in [0.29, 0.717) is 0 Å². The number of carbonyl (C=O) groups is 1. The normalized spacial score (nSPS) is 18.4. The summed E-state index contributed by atoms with van der Waals surface area (Å²) in [5, 5.41) is 2.37. The van der Waals surface area contributed by atoms with E-state index in [1.807, 2.05) is 0 Å². The molecule has 0 bridgehead atoms. The topological polar surface area (TPSA) is 33.5 Å². The fraction of sp³-hybridized carbons (Fsp3) is 0.562. The van der Waals surface area contributed by atoms with Crippen molar-refractivity contribution in [1.82, 2.24) is 0 Å². The Morgan fingerprint density at radius 2 is 1.64 bits per heavy atom. The van der Waals surface area contributed by atoms with E-state index in [0.717, 1.165) is 55.8 Å². The van der Waals surface area contributed by atoms with Crippen molar-refractivity contribution in [1.29, 1.82) is 0 Å². The van der Waals surface area contributed by atoms with E-state index in [4.69, 9.17) is 0 Å². The van der Waals surface area contributed by atoms with E-state index < -0.39 is 17.5 Å². The van der Waals surface area contributed by atoms with Gasteiger partial charge >= 0.3 is 0 Å². The van der Waals surface area contributed by atoms with Crippen molar-refractivity contribution in [3.63, 3.8) is 0 Å². The molecule has 1 aromatic rings. The largest absolute Gasteiger partial charge is 0.325 e. The van der Waals surface area contributed by atoms with Crippen LogP contribution in [-0.2, 0) is 4.79 Å². The lowest BCUT2D eigenvalue weighted by Crippen LogP contribution is -3.16. The van der Waals surface area contributed by atoms with Crippen LogP contribution < -0.4 is 10.2 Å². The van der Waals surface area contributed by atoms with Crippen LogP contribution in [0, 0.1) is 17.5 Å². The first kappa shape index (κ1) is 16.8. The van der Waals surface area contributed by atoms with E-state index in [1.54, 1.807) is 6.92 Å². The number of hydrogen-bond donors (Lipinski definition) is 2. The Bertz CT molecular complexity index is 528. The van der Waals surface area contributed by atoms with Crippen molar-refractivity contribution in [2.75, 3.05) is 18.4 Å². The van der Waals surface area contributed by atoms with Crippen LogP contribution in [-0.4, -0.2) is 25.0 Å². The molecule has 1 aliphatic rings. The summed E-state index contributed by atoms with van der Waals surface area (Å²) in [6.07, 6.45) is 5.68. The van der Waals surface area contributed by atoms with E-state index in [9.17, 15) is 18.0 Å². The third-order valence-corrected chi connectivity index (χ3v) is 4.29. The molecule has 0 spiro atoms. The average molecular weight is 315 g/mol. The SMILES string of the molecule is C[C@@H](C(=O)Nc1ccc(F)c(F)c1F)[NH+]1CCCCCCC1. The quantitative estimate of drug-likeness (QED) is 0.825. The lowest BCUT2D eigenvalue weighted by Gasteiger charge is -2.27. The van der Waals surface area contributed by atoms with Gasteiger partial charge in [0.1, 0.15) is 0 Å². The Morgan fingerprint density at radius 3 is 2.27 bits per heavy atom. The van der Waals surface area contributed by atoms with E-state index in [-0.39, 0.29) is 17.6 Å². The molecule has 1 saturated heterocycles. The molecule has 122 valence electrons. The zero-order valence-corrected chi connectivity index (χ0v) is 12.7. The first-order valence-electron chi connectivity index (χ1n) is 7.79. The smallest absolute Gasteiger partial charge is 0.282 e. The minimum Gasteiger partial charge on any atom is -0.325 e. The molecule has 1 aliphatic heterocycles. The number of carbonyl (C=O) groups excluding carboxylic acids is 1. The molecule has 1 atom stereocenters. The molecule has 6 heteroatoms. The molecular weight excluding hydrogens is 293 g/mol. The lowest BCUT2D eigenvalue weighted by atomic mass is 10.1. The summed E-state index contributed by atoms with van der Waals surface area (Å²) in [4.78, 5) is 13.4. The van der Waals surface area contributed by atoms with Crippen molar-refractivity contribution in [2.24, 2.45) is 0 Å². The van der Waals surface area contributed by atoms with Crippen LogP contribution in [0.2, 0.25) is 0 Å². The van der Waals surface area contributed by atoms with Gasteiger partial charge in [-0.2, -0.15) is 0 Å². The molecule has 22 heavy (non-hydrogen) atoms. The van der Waals surface area contributed by atoms with Crippen LogP contribution in [0.5, 0.6) is 0 Å². The summed E-state index contributed by atoms with van der Waals surface area (Å²) < 4.78 is 39.7. The third-order valence-electron chi connectivity index (χ3n) is 4.29. The first-order valence-corrected chi connectivity index (χ1v) is 7.79. The Labute approximate surface area is 128 Å². The maximum absolute atomic E-state index is 13.6. The molecule has 1 amide bonds. The zero-order chi connectivity index (χ0) is 16.1. The van der Waals surface area contributed by atoms with Crippen LogP contribution in [0.3, 0.4) is 0 Å². The monoisotopic (exact) mass is 315 g/mol. The Kier molecular flexibility index (Phi) is 5.83. The summed E-state index contributed by atoms with van der Waals surface area (Å²) in [6.45, 7) is 3.58. The van der Waals surface area contributed by atoms with Crippen molar-refractivity contribution in [2.45, 2.75) is 45.1 Å². The fourth-order valence-corrected chi connectivity index (χ4v) is 2.84. The number of rotatable bonds is 3. The van der Waals surface area contributed by atoms with Crippen LogP contribution >= 0.6 is 0 Å². The molecule has 1 aromatic carbocycles. The van der Waals surface area contributed by atoms with Gasteiger partial charge in [-0.15, -0.1) is 0 Å². The van der Waals surface area contributed by atoms with Gasteiger partial charge in [0.15, 0.2) is 23.5 Å². The number of anilines is 1. The zero-order valence-electron chi connectivity index (χ0n) is 12.7. The van der Waals surface area contributed by atoms with Gasteiger partial charge in [-0.3, -0.25) is 4.79 Å². The van der Waals surface area contributed by atoms with Gasteiger partial charge in [-0.05, 0) is 44.7 Å². The van der Waals surface area contributed by atoms with Crippen LogP contribution in [0.4, 0.5) is 18.9 Å². The van der Waals surface area contributed by atoms with Crippen molar-refractivity contribution in [3.05, 3.63) is 29.6 Å². The summed E-state index contributed by atoms with van der Waals surface area (Å²) in [5.74, 6) is -4.56. The highest BCUT2D eigenvalue weighted by Crippen LogP contribution is 2.19. The van der Waals surface area contributed by atoms with Gasteiger partial charge in [0.05, 0.1) is 18.8 Å². The molecule has 0 aliphatic carbocycles. The van der Waals surface area contributed by atoms with Gasteiger partial charge in [0, 0.05) is 0 Å². The van der Waals surface area contributed by atoms with Crippen LogP contribution in [0.1, 0.15) is 39.0 Å². The minimum absolute atomic E-state index is 0.317. The molecule has 3 nitrogen and oxygen atoms in total. The van der Waals surface area contributed by atoms with Crippen molar-refractivity contribution >= 4 is 11.6 Å². The molecule has 2 rings (SSSR count). The standard InChI is InChI=1S/C16H21F3N2O/c1-11(21-9-5-3-2-4-6-10-21)16(22)20-13-8-7-12(17)14(18)15(13)19/h7-8,11H,2-6,9-10H2,1H3,(H,20,22)/p+1/t11-/m0/s1. The molecular formula is C16H22F3N2O+. The lowest BCUT2D eigenvalue weighted by molar-refractivity contribution is -0.914. The van der Waals surface area contributed by atoms with Gasteiger partial charge in [-0.1, -0.05) is 6.42 Å². The molecule has 0 unspecified atom stereocenters. The maximum Gasteiger partial charge on any atom is 0.282 e. The van der Waals surface area contributed by atoms with Gasteiger partial charge in [0.25, 0.3) is 5.91 Å². The Hall–Kier alpha value is -1.56. The van der Waals surface area contributed by atoms with Gasteiger partial charge in [-0.25, -0.2) is 13.2 Å². The second-order valence-electron chi connectivity index (χ2n) is 5.86. The molecule has 1 heterocycles. The second kappa shape index (κ2) is 7.63. The Morgan fingerprint density at radius 1 is 1.05 bits per heavy atom. The van der Waals surface area contributed by atoms with E-state index in [2.05, 4.69) is 5.32 Å². The molecule has 0 saturated carbocycles. The number of likely N-dealkylation sites (tertiary alicyclic amines) is 1. The number of nitrogens with one attached hydrogen (secondary N) is 2. The molecule has 0 radical (unpaired) electrons. The highest BCUT2D eigenvalue weighted by atomic mass is 19.2. The second-order valence-corrected chi connectivity index (χ2v) is 5.86. The predicted molar refractivity (Wildman–Crippen MR) is 78.2 cm³/mol. The number of benzene rings is 1. The summed E-state index contributed by atoms with van der Waals surface area (Å²) in [6, 6.07) is 1.49. The third kappa shape index (κ3) is 4.00. The number of quaternary nitrogens is 1. The van der Waals surface area contributed by atoms with Crippen molar-refractivity contribution < 1.29 is 22.9 Å². The molecule has 0 aromatic heterocycles. The van der Waals surface area contributed by atoms with E-state index >= 15 is 0 Å². The average Bonchev–Trinajstić information content (AvgIpc) is 2.47. The van der Waals surface area contributed by atoms with E-state index in [1.165, 1.54) is 6.42 Å².